The second-order valence-electron chi connectivity index (χ2n) is 8.71. The van der Waals surface area contributed by atoms with Crippen LogP contribution in [-0.4, -0.2) is 42.7 Å². The molecule has 0 unspecified atom stereocenters. The van der Waals surface area contributed by atoms with Crippen molar-refractivity contribution in [2.75, 3.05) is 13.1 Å². The number of carbonyl (C=O) groups is 1. The number of piperidine rings is 1. The first-order chi connectivity index (χ1) is 13.8. The summed E-state index contributed by atoms with van der Waals surface area (Å²) in [6.45, 7) is 5.35. The molecule has 154 valence electrons. The van der Waals surface area contributed by atoms with E-state index >= 15 is 0 Å². The fraction of sp³-hybridized carbons (Fsp3) is 0.435. The van der Waals surface area contributed by atoms with Gasteiger partial charge in [0, 0.05) is 18.5 Å². The van der Waals surface area contributed by atoms with Crippen molar-refractivity contribution in [3.05, 3.63) is 66.2 Å². The van der Waals surface area contributed by atoms with Gasteiger partial charge in [0.2, 0.25) is 15.9 Å². The summed E-state index contributed by atoms with van der Waals surface area (Å²) in [5, 5.41) is 0. The highest BCUT2D eigenvalue weighted by Crippen LogP contribution is 2.49. The maximum absolute atomic E-state index is 13.6. The summed E-state index contributed by atoms with van der Waals surface area (Å²) in [4.78, 5) is 15.7. The van der Waals surface area contributed by atoms with Crippen LogP contribution in [0, 0.1) is 5.41 Å². The van der Waals surface area contributed by atoms with E-state index in [2.05, 4.69) is 13.8 Å². The Hall–Kier alpha value is -2.18. The fourth-order valence-corrected chi connectivity index (χ4v) is 6.43. The van der Waals surface area contributed by atoms with Gasteiger partial charge < -0.3 is 4.90 Å². The second-order valence-corrected chi connectivity index (χ2v) is 10.6. The van der Waals surface area contributed by atoms with E-state index in [9.17, 15) is 13.2 Å². The highest BCUT2D eigenvalue weighted by molar-refractivity contribution is 7.89. The molecule has 6 heteroatoms. The summed E-state index contributed by atoms with van der Waals surface area (Å²) in [6.07, 6.45) is 2.22. The zero-order valence-electron chi connectivity index (χ0n) is 17.0. The zero-order chi connectivity index (χ0) is 20.6. The van der Waals surface area contributed by atoms with Crippen LogP contribution in [0.5, 0.6) is 0 Å². The van der Waals surface area contributed by atoms with Crippen LogP contribution in [0.4, 0.5) is 0 Å². The van der Waals surface area contributed by atoms with Crippen LogP contribution in [0.3, 0.4) is 0 Å². The lowest BCUT2D eigenvalue weighted by molar-refractivity contribution is -0.157. The van der Waals surface area contributed by atoms with Gasteiger partial charge in [-0.25, -0.2) is 8.42 Å². The minimum atomic E-state index is -3.70. The molecule has 2 saturated heterocycles. The molecule has 0 aromatic heterocycles. The SMILES string of the molecule is CC1(C)CN(C(=O)[C@H]2CCCCN2S(=O)(=O)c2ccccc2)[C@@H]1c1ccccc1. The number of nitrogens with zero attached hydrogens (tertiary/aromatic N) is 2. The quantitative estimate of drug-likeness (QED) is 0.767. The molecule has 2 fully saturated rings. The number of benzene rings is 2. The van der Waals surface area contributed by atoms with Crippen molar-refractivity contribution in [1.82, 2.24) is 9.21 Å². The van der Waals surface area contributed by atoms with Crippen LogP contribution in [0.25, 0.3) is 0 Å². The maximum atomic E-state index is 13.6. The lowest BCUT2D eigenvalue weighted by Gasteiger charge is -2.56. The topological polar surface area (TPSA) is 57.7 Å². The molecule has 2 aliphatic rings. The molecule has 2 atom stereocenters. The third kappa shape index (κ3) is 3.60. The standard InChI is InChI=1S/C23H28N2O3S/c1-23(2)17-24(21(23)18-11-5-3-6-12-18)22(26)20-15-9-10-16-25(20)29(27,28)19-13-7-4-8-14-19/h3-8,11-14,20-21H,9-10,15-17H2,1-2H3/t20-,21-/m1/s1. The summed E-state index contributed by atoms with van der Waals surface area (Å²) >= 11 is 0. The first-order valence-corrected chi connectivity index (χ1v) is 11.7. The van der Waals surface area contributed by atoms with Crippen LogP contribution in [0.1, 0.15) is 44.7 Å². The number of sulfonamides is 1. The molecule has 5 nitrogen and oxygen atoms in total. The molecular formula is C23H28N2O3S. The molecule has 29 heavy (non-hydrogen) atoms. The Bertz CT molecular complexity index is 974. The van der Waals surface area contributed by atoms with E-state index in [0.717, 1.165) is 18.4 Å². The Balaban J connectivity index is 1.63. The molecule has 0 bridgehead atoms. The number of rotatable bonds is 4. The summed E-state index contributed by atoms with van der Waals surface area (Å²) in [6, 6.07) is 17.8. The van der Waals surface area contributed by atoms with Gasteiger partial charge in [-0.05, 0) is 30.5 Å². The molecule has 0 aliphatic carbocycles. The number of hydrogen-bond donors (Lipinski definition) is 0. The molecule has 4 rings (SSSR count). The Morgan fingerprint density at radius 2 is 1.59 bits per heavy atom. The van der Waals surface area contributed by atoms with Crippen LogP contribution in [0.2, 0.25) is 0 Å². The van der Waals surface area contributed by atoms with Crippen molar-refractivity contribution in [1.29, 1.82) is 0 Å². The molecule has 0 saturated carbocycles. The average molecular weight is 413 g/mol. The minimum Gasteiger partial charge on any atom is -0.333 e. The molecule has 0 radical (unpaired) electrons. The van der Waals surface area contributed by atoms with Crippen molar-refractivity contribution >= 4 is 15.9 Å². The van der Waals surface area contributed by atoms with Crippen LogP contribution in [-0.2, 0) is 14.8 Å². The summed E-state index contributed by atoms with van der Waals surface area (Å²) in [7, 11) is -3.70. The van der Waals surface area contributed by atoms with Crippen LogP contribution < -0.4 is 0 Å². The van der Waals surface area contributed by atoms with Gasteiger partial charge in [0.15, 0.2) is 0 Å². The highest BCUT2D eigenvalue weighted by atomic mass is 32.2. The molecule has 0 N–H and O–H groups in total. The van der Waals surface area contributed by atoms with Gasteiger partial charge in [-0.3, -0.25) is 4.79 Å². The smallest absolute Gasteiger partial charge is 0.243 e. The Kier molecular flexibility index (Phi) is 5.25. The van der Waals surface area contributed by atoms with E-state index in [-0.39, 0.29) is 22.3 Å². The number of carbonyl (C=O) groups excluding carboxylic acids is 1. The van der Waals surface area contributed by atoms with Gasteiger partial charge in [0.1, 0.15) is 6.04 Å². The van der Waals surface area contributed by atoms with Crippen LogP contribution in [0.15, 0.2) is 65.6 Å². The van der Waals surface area contributed by atoms with E-state index in [1.807, 2.05) is 35.2 Å². The van der Waals surface area contributed by atoms with E-state index in [1.165, 1.54) is 4.31 Å². The Morgan fingerprint density at radius 1 is 0.966 bits per heavy atom. The van der Waals surface area contributed by atoms with Crippen molar-refractivity contribution < 1.29 is 13.2 Å². The van der Waals surface area contributed by atoms with Crippen molar-refractivity contribution in [3.8, 4) is 0 Å². The first-order valence-electron chi connectivity index (χ1n) is 10.2. The molecule has 0 spiro atoms. The third-order valence-corrected chi connectivity index (χ3v) is 8.04. The van der Waals surface area contributed by atoms with E-state index in [4.69, 9.17) is 0 Å². The van der Waals surface area contributed by atoms with Gasteiger partial charge in [-0.1, -0.05) is 68.8 Å². The van der Waals surface area contributed by atoms with E-state index < -0.39 is 16.1 Å². The molecule has 2 aromatic rings. The van der Waals surface area contributed by atoms with Crippen molar-refractivity contribution in [3.63, 3.8) is 0 Å². The molecule has 2 aromatic carbocycles. The summed E-state index contributed by atoms with van der Waals surface area (Å²) < 4.78 is 28.0. The monoisotopic (exact) mass is 412 g/mol. The highest BCUT2D eigenvalue weighted by Gasteiger charge is 2.51. The number of likely N-dealkylation sites (tertiary alicyclic amines) is 1. The molecule has 2 heterocycles. The molecule has 1 amide bonds. The lowest BCUT2D eigenvalue weighted by Crippen LogP contribution is -2.63. The van der Waals surface area contributed by atoms with Crippen LogP contribution >= 0.6 is 0 Å². The molecule has 2 aliphatic heterocycles. The normalized spacial score (nSPS) is 24.7. The van der Waals surface area contributed by atoms with Crippen molar-refractivity contribution in [2.45, 2.75) is 50.1 Å². The Labute approximate surface area is 173 Å². The maximum Gasteiger partial charge on any atom is 0.243 e. The molecular weight excluding hydrogens is 384 g/mol. The third-order valence-electron chi connectivity index (χ3n) is 6.12. The summed E-state index contributed by atoms with van der Waals surface area (Å²) in [5.74, 6) is -0.0719. The van der Waals surface area contributed by atoms with Gasteiger partial charge in [0.25, 0.3) is 0 Å². The van der Waals surface area contributed by atoms with Gasteiger partial charge >= 0.3 is 0 Å². The van der Waals surface area contributed by atoms with Crippen molar-refractivity contribution in [2.24, 2.45) is 5.41 Å². The van der Waals surface area contributed by atoms with E-state index in [1.54, 1.807) is 30.3 Å². The van der Waals surface area contributed by atoms with Gasteiger partial charge in [0.05, 0.1) is 10.9 Å². The minimum absolute atomic E-state index is 0.0283. The fourth-order valence-electron chi connectivity index (χ4n) is 4.76. The van der Waals surface area contributed by atoms with Gasteiger partial charge in [-0.15, -0.1) is 0 Å². The first kappa shape index (κ1) is 20.1. The Morgan fingerprint density at radius 3 is 2.21 bits per heavy atom. The lowest BCUT2D eigenvalue weighted by atomic mass is 9.71. The number of hydrogen-bond acceptors (Lipinski definition) is 3. The zero-order valence-corrected chi connectivity index (χ0v) is 17.8. The second kappa shape index (κ2) is 7.58. The predicted octanol–water partition coefficient (Wildman–Crippen LogP) is 3.84. The number of amides is 1. The predicted molar refractivity (Wildman–Crippen MR) is 113 cm³/mol. The van der Waals surface area contributed by atoms with Gasteiger partial charge in [-0.2, -0.15) is 4.31 Å². The van der Waals surface area contributed by atoms with E-state index in [0.29, 0.717) is 19.5 Å². The largest absolute Gasteiger partial charge is 0.333 e. The average Bonchev–Trinajstić information content (AvgIpc) is 2.73. The summed E-state index contributed by atoms with van der Waals surface area (Å²) in [5.41, 5.74) is 1.07.